The lowest BCUT2D eigenvalue weighted by molar-refractivity contribution is 0.303. The largest absolute Gasteiger partial charge is 0.320 e. The van der Waals surface area contributed by atoms with Crippen LogP contribution >= 0.6 is 0 Å². The first-order chi connectivity index (χ1) is 7.02. The first-order valence-corrected chi connectivity index (χ1v) is 7.93. The third-order valence-corrected chi connectivity index (χ3v) is 6.33. The van der Waals surface area contributed by atoms with E-state index >= 15 is 0 Å². The lowest BCUT2D eigenvalue weighted by Crippen LogP contribution is -2.45. The van der Waals surface area contributed by atoms with E-state index in [9.17, 15) is 0 Å². The second-order valence-corrected chi connectivity index (χ2v) is 8.18. The van der Waals surface area contributed by atoms with Gasteiger partial charge in [-0.3, -0.25) is 0 Å². The van der Waals surface area contributed by atoms with Crippen LogP contribution in [0.5, 0.6) is 0 Å². The highest BCUT2D eigenvalue weighted by Gasteiger charge is 2.16. The van der Waals surface area contributed by atoms with Gasteiger partial charge in [0.05, 0.1) is 0 Å². The molecule has 0 aromatic heterocycles. The smallest absolute Gasteiger partial charge is 0.189 e. The maximum absolute atomic E-state index is 2.51. The van der Waals surface area contributed by atoms with Crippen molar-refractivity contribution in [2.45, 2.75) is 26.3 Å². The number of hydrogen-bond acceptors (Lipinski definition) is 3. The monoisotopic (exact) mass is 231 g/mol. The Kier molecular flexibility index (Phi) is 8.33. The maximum atomic E-state index is 2.51. The lowest BCUT2D eigenvalue weighted by atomic mass is 10.4. The molecule has 0 amide bonds. The fourth-order valence-electron chi connectivity index (χ4n) is 2.02. The van der Waals surface area contributed by atoms with Crippen molar-refractivity contribution < 1.29 is 0 Å². The molecule has 0 aromatic rings. The van der Waals surface area contributed by atoms with E-state index in [1.807, 2.05) is 0 Å². The highest BCUT2D eigenvalue weighted by molar-refractivity contribution is 6.52. The Morgan fingerprint density at radius 1 is 0.867 bits per heavy atom. The molecule has 0 rings (SSSR count). The molecule has 0 aliphatic heterocycles. The SMILES string of the molecule is CCN(CC)CCC[SiH](N(C)C)N(C)C. The molecule has 0 aromatic carbocycles. The number of rotatable bonds is 8. The van der Waals surface area contributed by atoms with E-state index in [-0.39, 0.29) is 0 Å². The second kappa shape index (κ2) is 8.27. The summed E-state index contributed by atoms with van der Waals surface area (Å²) in [5, 5.41) is 0. The van der Waals surface area contributed by atoms with Crippen LogP contribution < -0.4 is 0 Å². The second-order valence-electron chi connectivity index (χ2n) is 4.58. The Morgan fingerprint density at radius 2 is 1.33 bits per heavy atom. The first kappa shape index (κ1) is 15.1. The van der Waals surface area contributed by atoms with Crippen molar-refractivity contribution in [3.63, 3.8) is 0 Å². The van der Waals surface area contributed by atoms with Crippen LogP contribution in [0.3, 0.4) is 0 Å². The van der Waals surface area contributed by atoms with E-state index in [0.717, 1.165) is 0 Å². The van der Waals surface area contributed by atoms with Crippen LogP contribution in [0.1, 0.15) is 20.3 Å². The van der Waals surface area contributed by atoms with Crippen LogP contribution in [0.2, 0.25) is 6.04 Å². The van der Waals surface area contributed by atoms with Crippen LogP contribution in [0.15, 0.2) is 0 Å². The van der Waals surface area contributed by atoms with Crippen LogP contribution in [0, 0.1) is 0 Å². The first-order valence-electron chi connectivity index (χ1n) is 6.08. The van der Waals surface area contributed by atoms with Gasteiger partial charge in [0.15, 0.2) is 9.12 Å². The molecule has 0 saturated carbocycles. The maximum Gasteiger partial charge on any atom is 0.189 e. The summed E-state index contributed by atoms with van der Waals surface area (Å²) in [6.07, 6.45) is 1.34. The third-order valence-electron chi connectivity index (χ3n) is 3.02. The zero-order valence-electron chi connectivity index (χ0n) is 11.5. The summed E-state index contributed by atoms with van der Waals surface area (Å²) < 4.78 is 4.87. The topological polar surface area (TPSA) is 9.72 Å². The van der Waals surface area contributed by atoms with E-state index in [1.165, 1.54) is 32.1 Å². The molecule has 0 saturated heterocycles. The third kappa shape index (κ3) is 6.30. The van der Waals surface area contributed by atoms with Gasteiger partial charge in [-0.2, -0.15) is 0 Å². The lowest BCUT2D eigenvalue weighted by Gasteiger charge is -2.29. The van der Waals surface area contributed by atoms with Crippen LogP contribution in [-0.4, -0.2) is 71.0 Å². The molecule has 0 N–H and O–H groups in total. The Bertz CT molecular complexity index is 139. The minimum Gasteiger partial charge on any atom is -0.320 e. The van der Waals surface area contributed by atoms with Gasteiger partial charge < -0.3 is 14.0 Å². The normalized spacial score (nSPS) is 12.4. The molecule has 0 radical (unpaired) electrons. The van der Waals surface area contributed by atoms with Gasteiger partial charge in [-0.05, 0) is 60.3 Å². The van der Waals surface area contributed by atoms with Gasteiger partial charge in [-0.15, -0.1) is 0 Å². The molecule has 15 heavy (non-hydrogen) atoms. The van der Waals surface area contributed by atoms with Gasteiger partial charge in [0.2, 0.25) is 0 Å². The summed E-state index contributed by atoms with van der Waals surface area (Å²) >= 11 is 0. The van der Waals surface area contributed by atoms with Gasteiger partial charge in [0.25, 0.3) is 0 Å². The molecule has 0 bridgehead atoms. The molecule has 0 unspecified atom stereocenters. The van der Waals surface area contributed by atoms with Crippen LogP contribution in [0.25, 0.3) is 0 Å². The van der Waals surface area contributed by atoms with E-state index in [1.54, 1.807) is 0 Å². The molecule has 4 heteroatoms. The summed E-state index contributed by atoms with van der Waals surface area (Å²) in [5.74, 6) is 0. The van der Waals surface area contributed by atoms with Crippen molar-refractivity contribution in [3.05, 3.63) is 0 Å². The molecule has 0 atom stereocenters. The van der Waals surface area contributed by atoms with Crippen LogP contribution in [0.4, 0.5) is 0 Å². The van der Waals surface area contributed by atoms with Gasteiger partial charge in [0.1, 0.15) is 0 Å². The van der Waals surface area contributed by atoms with E-state index in [4.69, 9.17) is 0 Å². The van der Waals surface area contributed by atoms with Crippen molar-refractivity contribution >= 4 is 9.12 Å². The minimum atomic E-state index is -0.821. The van der Waals surface area contributed by atoms with Crippen molar-refractivity contribution in [3.8, 4) is 0 Å². The van der Waals surface area contributed by atoms with Gasteiger partial charge in [-0.25, -0.2) is 0 Å². The molecule has 92 valence electrons. The number of hydrogen-bond donors (Lipinski definition) is 0. The fourth-order valence-corrected chi connectivity index (χ4v) is 4.52. The number of nitrogens with zero attached hydrogens (tertiary/aromatic N) is 3. The molecular weight excluding hydrogens is 202 g/mol. The molecule has 0 heterocycles. The Balaban J connectivity index is 3.80. The molecular formula is C11H29N3Si. The Morgan fingerprint density at radius 3 is 1.67 bits per heavy atom. The van der Waals surface area contributed by atoms with Crippen LogP contribution in [-0.2, 0) is 0 Å². The molecule has 0 aliphatic rings. The Hall–Kier alpha value is 0.0969. The van der Waals surface area contributed by atoms with Gasteiger partial charge in [-0.1, -0.05) is 13.8 Å². The van der Waals surface area contributed by atoms with Gasteiger partial charge >= 0.3 is 0 Å². The van der Waals surface area contributed by atoms with Crippen molar-refractivity contribution in [2.24, 2.45) is 0 Å². The minimum absolute atomic E-state index is 0.821. The van der Waals surface area contributed by atoms with Gasteiger partial charge in [0, 0.05) is 0 Å². The van der Waals surface area contributed by atoms with E-state index in [2.05, 4.69) is 56.1 Å². The highest BCUT2D eigenvalue weighted by atomic mass is 28.3. The summed E-state index contributed by atoms with van der Waals surface area (Å²) in [4.78, 5) is 2.51. The summed E-state index contributed by atoms with van der Waals surface area (Å²) in [5.41, 5.74) is 0. The van der Waals surface area contributed by atoms with Crippen molar-refractivity contribution in [1.82, 2.24) is 14.0 Å². The quantitative estimate of drug-likeness (QED) is 0.579. The Labute approximate surface area is 97.8 Å². The van der Waals surface area contributed by atoms with E-state index in [0.29, 0.717) is 0 Å². The molecule has 3 nitrogen and oxygen atoms in total. The average Bonchev–Trinajstić information content (AvgIpc) is 2.17. The summed E-state index contributed by atoms with van der Waals surface area (Å²) in [6.45, 7) is 8.13. The van der Waals surface area contributed by atoms with Crippen molar-refractivity contribution in [2.75, 3.05) is 47.8 Å². The average molecular weight is 231 g/mol. The predicted molar refractivity (Wildman–Crippen MR) is 71.7 cm³/mol. The van der Waals surface area contributed by atoms with E-state index < -0.39 is 9.12 Å². The summed E-state index contributed by atoms with van der Waals surface area (Å²) in [6, 6.07) is 1.39. The zero-order valence-corrected chi connectivity index (χ0v) is 12.6. The summed E-state index contributed by atoms with van der Waals surface area (Å²) in [7, 11) is 8.04. The fraction of sp³-hybridized carbons (Fsp3) is 1.00. The molecule has 0 aliphatic carbocycles. The molecule has 0 fully saturated rings. The standard InChI is InChI=1S/C11H29N3Si/c1-7-14(8-2)10-9-11-15(12(3)4)13(5)6/h15H,7-11H2,1-6H3. The molecule has 0 spiro atoms. The van der Waals surface area contributed by atoms with Crippen molar-refractivity contribution in [1.29, 1.82) is 0 Å². The highest BCUT2D eigenvalue weighted by Crippen LogP contribution is 2.04. The predicted octanol–water partition coefficient (Wildman–Crippen LogP) is 1.06. The zero-order chi connectivity index (χ0) is 11.8.